The zero-order valence-electron chi connectivity index (χ0n) is 8.37. The number of aliphatic hydroxyl groups excluding tert-OH is 1. The van der Waals surface area contributed by atoms with Crippen LogP contribution in [0.15, 0.2) is 12.7 Å². The molecule has 0 amide bonds. The van der Waals surface area contributed by atoms with Crippen LogP contribution in [0, 0.1) is 0 Å². The Hall–Kier alpha value is -0.380. The minimum atomic E-state index is 0.272. The molecule has 3 nitrogen and oxygen atoms in total. The molecule has 0 aromatic heterocycles. The molecule has 2 atom stereocenters. The summed E-state index contributed by atoms with van der Waals surface area (Å²) in [6.45, 7) is 9.22. The topological polar surface area (TPSA) is 35.5 Å². The fourth-order valence-corrected chi connectivity index (χ4v) is 1.76. The Morgan fingerprint density at radius 1 is 1.69 bits per heavy atom. The highest BCUT2D eigenvalue weighted by Gasteiger charge is 2.22. The Kier molecular flexibility index (Phi) is 4.42. The van der Waals surface area contributed by atoms with Crippen LogP contribution in [0.25, 0.3) is 0 Å². The zero-order chi connectivity index (χ0) is 9.68. The first kappa shape index (κ1) is 10.7. The van der Waals surface area contributed by atoms with Gasteiger partial charge in [0.25, 0.3) is 0 Å². The van der Waals surface area contributed by atoms with Gasteiger partial charge < -0.3 is 10.4 Å². The van der Waals surface area contributed by atoms with Crippen LogP contribution in [-0.4, -0.2) is 48.3 Å². The monoisotopic (exact) mass is 184 g/mol. The zero-order valence-corrected chi connectivity index (χ0v) is 8.37. The lowest BCUT2D eigenvalue weighted by atomic mass is 10.1. The van der Waals surface area contributed by atoms with Crippen molar-refractivity contribution < 1.29 is 5.11 Å². The van der Waals surface area contributed by atoms with E-state index in [2.05, 4.69) is 23.7 Å². The molecule has 1 saturated heterocycles. The van der Waals surface area contributed by atoms with Gasteiger partial charge in [0.2, 0.25) is 0 Å². The maximum Gasteiger partial charge on any atom is 0.0446 e. The maximum absolute atomic E-state index is 8.82. The van der Waals surface area contributed by atoms with E-state index in [4.69, 9.17) is 5.11 Å². The number of hydrogen-bond donors (Lipinski definition) is 2. The molecule has 1 aliphatic rings. The third kappa shape index (κ3) is 3.10. The van der Waals surface area contributed by atoms with Gasteiger partial charge in [-0.2, -0.15) is 0 Å². The van der Waals surface area contributed by atoms with Crippen molar-refractivity contribution >= 4 is 0 Å². The molecule has 0 bridgehead atoms. The van der Waals surface area contributed by atoms with Gasteiger partial charge in [-0.15, -0.1) is 6.58 Å². The van der Waals surface area contributed by atoms with Gasteiger partial charge in [-0.1, -0.05) is 6.08 Å². The van der Waals surface area contributed by atoms with Crippen molar-refractivity contribution in [2.24, 2.45) is 0 Å². The first-order valence-electron chi connectivity index (χ1n) is 4.97. The van der Waals surface area contributed by atoms with Crippen LogP contribution in [0.2, 0.25) is 0 Å². The smallest absolute Gasteiger partial charge is 0.0446 e. The molecule has 0 saturated carbocycles. The second-order valence-corrected chi connectivity index (χ2v) is 3.71. The van der Waals surface area contributed by atoms with Gasteiger partial charge in [-0.05, 0) is 13.3 Å². The molecular weight excluding hydrogens is 164 g/mol. The van der Waals surface area contributed by atoms with Gasteiger partial charge in [0, 0.05) is 38.3 Å². The van der Waals surface area contributed by atoms with Gasteiger partial charge in [0.1, 0.15) is 0 Å². The molecule has 0 spiro atoms. The van der Waals surface area contributed by atoms with Crippen LogP contribution in [0.4, 0.5) is 0 Å². The molecule has 13 heavy (non-hydrogen) atoms. The van der Waals surface area contributed by atoms with Gasteiger partial charge in [-0.3, -0.25) is 4.90 Å². The van der Waals surface area contributed by atoms with Gasteiger partial charge in [-0.25, -0.2) is 0 Å². The average Bonchev–Trinajstić information content (AvgIpc) is 2.12. The van der Waals surface area contributed by atoms with Crippen molar-refractivity contribution in [1.82, 2.24) is 10.2 Å². The molecule has 1 aliphatic heterocycles. The number of nitrogens with one attached hydrogen (secondary N) is 1. The normalized spacial score (nSPS) is 30.3. The van der Waals surface area contributed by atoms with Crippen molar-refractivity contribution in [1.29, 1.82) is 0 Å². The molecule has 1 rings (SSSR count). The fraction of sp³-hybridized carbons (Fsp3) is 0.800. The highest BCUT2D eigenvalue weighted by molar-refractivity contribution is 4.87. The second kappa shape index (κ2) is 5.37. The van der Waals surface area contributed by atoms with Crippen molar-refractivity contribution in [2.75, 3.05) is 26.2 Å². The van der Waals surface area contributed by atoms with E-state index in [1.54, 1.807) is 0 Å². The van der Waals surface area contributed by atoms with Crippen molar-refractivity contribution in [3.8, 4) is 0 Å². The van der Waals surface area contributed by atoms with Crippen LogP contribution in [0.3, 0.4) is 0 Å². The van der Waals surface area contributed by atoms with Gasteiger partial charge >= 0.3 is 0 Å². The summed E-state index contributed by atoms with van der Waals surface area (Å²) in [5.74, 6) is 0. The van der Waals surface area contributed by atoms with E-state index in [1.165, 1.54) is 0 Å². The maximum atomic E-state index is 8.82. The molecule has 2 unspecified atom stereocenters. The molecule has 2 N–H and O–H groups in total. The number of rotatable bonds is 4. The lowest BCUT2D eigenvalue weighted by Gasteiger charge is -2.38. The minimum Gasteiger partial charge on any atom is -0.396 e. The Balaban J connectivity index is 2.37. The first-order chi connectivity index (χ1) is 6.27. The first-order valence-corrected chi connectivity index (χ1v) is 4.97. The van der Waals surface area contributed by atoms with E-state index in [1.807, 2.05) is 6.08 Å². The minimum absolute atomic E-state index is 0.272. The number of hydrogen-bond acceptors (Lipinski definition) is 3. The van der Waals surface area contributed by atoms with Crippen molar-refractivity contribution in [3.05, 3.63) is 12.7 Å². The molecule has 0 aliphatic carbocycles. The summed E-state index contributed by atoms with van der Waals surface area (Å²) in [6.07, 6.45) is 2.79. The number of piperazine rings is 1. The predicted octanol–water partition coefficient (Wildman–Crippen LogP) is 0.217. The van der Waals surface area contributed by atoms with Gasteiger partial charge in [0.05, 0.1) is 0 Å². The lowest BCUT2D eigenvalue weighted by molar-refractivity contribution is 0.139. The predicted molar refractivity (Wildman–Crippen MR) is 54.7 cm³/mol. The summed E-state index contributed by atoms with van der Waals surface area (Å²) in [5.41, 5.74) is 0. The summed E-state index contributed by atoms with van der Waals surface area (Å²) < 4.78 is 0. The molecule has 1 fully saturated rings. The van der Waals surface area contributed by atoms with E-state index in [0.717, 1.165) is 26.1 Å². The Morgan fingerprint density at radius 3 is 3.08 bits per heavy atom. The second-order valence-electron chi connectivity index (χ2n) is 3.71. The third-order valence-corrected chi connectivity index (χ3v) is 2.62. The van der Waals surface area contributed by atoms with E-state index < -0.39 is 0 Å². The summed E-state index contributed by atoms with van der Waals surface area (Å²) in [6, 6.07) is 1.02. The van der Waals surface area contributed by atoms with Crippen LogP contribution in [-0.2, 0) is 0 Å². The highest BCUT2D eigenvalue weighted by atomic mass is 16.3. The molecule has 76 valence electrons. The highest BCUT2D eigenvalue weighted by Crippen LogP contribution is 2.08. The van der Waals surface area contributed by atoms with Crippen LogP contribution in [0.1, 0.15) is 13.3 Å². The summed E-state index contributed by atoms with van der Waals surface area (Å²) >= 11 is 0. The largest absolute Gasteiger partial charge is 0.396 e. The Labute approximate surface area is 80.4 Å². The number of aliphatic hydroxyl groups is 1. The fourth-order valence-electron chi connectivity index (χ4n) is 1.76. The quantitative estimate of drug-likeness (QED) is 0.613. The van der Waals surface area contributed by atoms with Crippen molar-refractivity contribution in [3.63, 3.8) is 0 Å². The summed E-state index contributed by atoms with van der Waals surface area (Å²) in [7, 11) is 0. The molecule has 0 aromatic carbocycles. The summed E-state index contributed by atoms with van der Waals surface area (Å²) in [5, 5.41) is 12.2. The standard InChI is InChI=1S/C10H20N2O/c1-3-5-12-8-10(4-6-13)11-7-9(12)2/h3,9-11,13H,1,4-8H2,2H3. The lowest BCUT2D eigenvalue weighted by Crippen LogP contribution is -2.55. The Morgan fingerprint density at radius 2 is 2.46 bits per heavy atom. The summed E-state index contributed by atoms with van der Waals surface area (Å²) in [4.78, 5) is 2.39. The Bertz CT molecular complexity index is 161. The number of nitrogens with zero attached hydrogens (tertiary/aromatic N) is 1. The van der Waals surface area contributed by atoms with E-state index in [9.17, 15) is 0 Å². The van der Waals surface area contributed by atoms with E-state index in [-0.39, 0.29) is 6.61 Å². The molecule has 1 heterocycles. The van der Waals surface area contributed by atoms with E-state index in [0.29, 0.717) is 12.1 Å². The van der Waals surface area contributed by atoms with E-state index >= 15 is 0 Å². The van der Waals surface area contributed by atoms with Crippen LogP contribution >= 0.6 is 0 Å². The third-order valence-electron chi connectivity index (χ3n) is 2.62. The SMILES string of the molecule is C=CCN1CC(CCO)NCC1C. The van der Waals surface area contributed by atoms with Gasteiger partial charge in [0.15, 0.2) is 0 Å². The molecule has 0 radical (unpaired) electrons. The van der Waals surface area contributed by atoms with Crippen molar-refractivity contribution in [2.45, 2.75) is 25.4 Å². The molecule has 3 heteroatoms. The molecular formula is C10H20N2O. The van der Waals surface area contributed by atoms with Crippen LogP contribution in [0.5, 0.6) is 0 Å². The van der Waals surface area contributed by atoms with Crippen LogP contribution < -0.4 is 5.32 Å². The molecule has 0 aromatic rings. The average molecular weight is 184 g/mol.